The lowest BCUT2D eigenvalue weighted by Crippen LogP contribution is -2.32. The fourth-order valence-electron chi connectivity index (χ4n) is 1.36. The number of carbonyl (C=O) groups excluding carboxylic acids is 1. The van der Waals surface area contributed by atoms with Crippen LogP contribution in [-0.2, 0) is 0 Å². The number of hydrogen-bond donors (Lipinski definition) is 0. The fourth-order valence-corrected chi connectivity index (χ4v) is 1.79. The van der Waals surface area contributed by atoms with E-state index >= 15 is 0 Å². The minimum atomic E-state index is 0.0492. The summed E-state index contributed by atoms with van der Waals surface area (Å²) in [7, 11) is 0. The van der Waals surface area contributed by atoms with Crippen LogP contribution in [0.1, 0.15) is 22.8 Å². The van der Waals surface area contributed by atoms with Crippen molar-refractivity contribution in [3.63, 3.8) is 0 Å². The molecule has 0 atom stereocenters. The lowest BCUT2D eigenvalue weighted by atomic mass is 10.2. The quantitative estimate of drug-likeness (QED) is 0.787. The number of rotatable bonds is 4. The monoisotopic (exact) mass is 270 g/mol. The van der Waals surface area contributed by atoms with E-state index in [1.807, 2.05) is 19.9 Å². The summed E-state index contributed by atoms with van der Waals surface area (Å²) in [6, 6.07) is 1.87. The van der Waals surface area contributed by atoms with Crippen molar-refractivity contribution < 1.29 is 4.79 Å². The van der Waals surface area contributed by atoms with Gasteiger partial charge in [-0.15, -0.1) is 0 Å². The number of carbonyl (C=O) groups is 1. The van der Waals surface area contributed by atoms with Gasteiger partial charge in [-0.25, -0.2) is 0 Å². The molecule has 0 saturated carbocycles. The molecule has 0 aliphatic rings. The lowest BCUT2D eigenvalue weighted by Gasteiger charge is -2.19. The zero-order chi connectivity index (χ0) is 11.3. The van der Waals surface area contributed by atoms with Crippen LogP contribution in [-0.4, -0.2) is 34.2 Å². The number of nitrogens with zero attached hydrogens (tertiary/aromatic N) is 2. The fraction of sp³-hybridized carbons (Fsp3) is 0.455. The van der Waals surface area contributed by atoms with Gasteiger partial charge in [-0.05, 0) is 25.5 Å². The van der Waals surface area contributed by atoms with Crippen LogP contribution in [0.4, 0.5) is 0 Å². The summed E-state index contributed by atoms with van der Waals surface area (Å²) in [5, 5.41) is 0.797. The Kier molecular flexibility index (Phi) is 4.75. The van der Waals surface area contributed by atoms with E-state index in [4.69, 9.17) is 0 Å². The molecule has 0 radical (unpaired) electrons. The van der Waals surface area contributed by atoms with E-state index in [1.165, 1.54) is 0 Å². The molecule has 4 heteroatoms. The molecule has 0 aliphatic carbocycles. The largest absolute Gasteiger partial charge is 0.338 e. The Bertz CT molecular complexity index is 341. The molecule has 1 rings (SSSR count). The Balaban J connectivity index is 2.82. The van der Waals surface area contributed by atoms with Crippen molar-refractivity contribution in [3.05, 3.63) is 29.6 Å². The van der Waals surface area contributed by atoms with E-state index in [2.05, 4.69) is 20.9 Å². The highest BCUT2D eigenvalue weighted by Gasteiger charge is 2.13. The number of amides is 1. The first-order chi connectivity index (χ1) is 7.19. The van der Waals surface area contributed by atoms with Crippen LogP contribution in [0.5, 0.6) is 0 Å². The summed E-state index contributed by atoms with van der Waals surface area (Å²) >= 11 is 3.34. The van der Waals surface area contributed by atoms with Gasteiger partial charge in [0.15, 0.2) is 0 Å². The van der Waals surface area contributed by atoms with Gasteiger partial charge in [0.25, 0.3) is 5.91 Å². The molecule has 0 N–H and O–H groups in total. The zero-order valence-electron chi connectivity index (χ0n) is 9.03. The predicted molar refractivity (Wildman–Crippen MR) is 64.3 cm³/mol. The summed E-state index contributed by atoms with van der Waals surface area (Å²) in [5.41, 5.74) is 1.67. The first kappa shape index (κ1) is 12.2. The standard InChI is InChI=1S/C11H15BrN2O/c1-3-14(5-4-12)11(15)10-6-9(2)7-13-8-10/h6-8H,3-5H2,1-2H3. The Morgan fingerprint density at radius 2 is 2.27 bits per heavy atom. The van der Waals surface area contributed by atoms with Gasteiger partial charge in [0.1, 0.15) is 0 Å². The van der Waals surface area contributed by atoms with Crippen LogP contribution >= 0.6 is 15.9 Å². The zero-order valence-corrected chi connectivity index (χ0v) is 10.6. The predicted octanol–water partition coefficient (Wildman–Crippen LogP) is 2.25. The maximum Gasteiger partial charge on any atom is 0.255 e. The van der Waals surface area contributed by atoms with E-state index in [9.17, 15) is 4.79 Å². The molecule has 1 heterocycles. The number of pyridine rings is 1. The Morgan fingerprint density at radius 3 is 2.80 bits per heavy atom. The summed E-state index contributed by atoms with van der Waals surface area (Å²) in [4.78, 5) is 17.8. The van der Waals surface area contributed by atoms with Crippen LogP contribution in [0.15, 0.2) is 18.5 Å². The topological polar surface area (TPSA) is 33.2 Å². The number of hydrogen-bond acceptors (Lipinski definition) is 2. The number of aromatic nitrogens is 1. The van der Waals surface area contributed by atoms with Crippen molar-refractivity contribution in [1.82, 2.24) is 9.88 Å². The number of halogens is 1. The van der Waals surface area contributed by atoms with Crippen LogP contribution in [0.3, 0.4) is 0 Å². The molecule has 1 amide bonds. The van der Waals surface area contributed by atoms with Gasteiger partial charge < -0.3 is 4.90 Å². The summed E-state index contributed by atoms with van der Waals surface area (Å²) in [6.07, 6.45) is 3.36. The van der Waals surface area contributed by atoms with Gasteiger partial charge in [0.05, 0.1) is 5.56 Å². The summed E-state index contributed by atoms with van der Waals surface area (Å²) < 4.78 is 0. The molecule has 0 unspecified atom stereocenters. The SMILES string of the molecule is CCN(CCBr)C(=O)c1cncc(C)c1. The second-order valence-corrected chi connectivity index (χ2v) is 4.12. The molecule has 0 saturated heterocycles. The Labute approximate surface area is 98.6 Å². The van der Waals surface area contributed by atoms with Gasteiger partial charge in [-0.2, -0.15) is 0 Å². The highest BCUT2D eigenvalue weighted by atomic mass is 79.9. The second-order valence-electron chi connectivity index (χ2n) is 3.32. The van der Waals surface area contributed by atoms with Crippen molar-refractivity contribution in [3.8, 4) is 0 Å². The van der Waals surface area contributed by atoms with E-state index in [-0.39, 0.29) is 5.91 Å². The molecule has 0 aliphatic heterocycles. The van der Waals surface area contributed by atoms with Gasteiger partial charge in [-0.1, -0.05) is 15.9 Å². The van der Waals surface area contributed by atoms with Gasteiger partial charge in [-0.3, -0.25) is 9.78 Å². The van der Waals surface area contributed by atoms with Crippen molar-refractivity contribution in [2.45, 2.75) is 13.8 Å². The first-order valence-electron chi connectivity index (χ1n) is 4.96. The van der Waals surface area contributed by atoms with Crippen molar-refractivity contribution in [2.24, 2.45) is 0 Å². The van der Waals surface area contributed by atoms with Crippen LogP contribution in [0, 0.1) is 6.92 Å². The molecule has 1 aromatic heterocycles. The normalized spacial score (nSPS) is 10.1. The van der Waals surface area contributed by atoms with E-state index in [0.717, 1.165) is 24.0 Å². The van der Waals surface area contributed by atoms with Gasteiger partial charge in [0.2, 0.25) is 0 Å². The molecule has 0 fully saturated rings. The summed E-state index contributed by atoms with van der Waals surface area (Å²) in [5.74, 6) is 0.0492. The van der Waals surface area contributed by atoms with Crippen molar-refractivity contribution in [2.75, 3.05) is 18.4 Å². The average Bonchev–Trinajstić information content (AvgIpc) is 2.25. The molecular weight excluding hydrogens is 256 g/mol. The van der Waals surface area contributed by atoms with Crippen molar-refractivity contribution >= 4 is 21.8 Å². The molecule has 0 spiro atoms. The summed E-state index contributed by atoms with van der Waals surface area (Å²) in [6.45, 7) is 5.36. The van der Waals surface area contributed by atoms with E-state index < -0.39 is 0 Å². The first-order valence-corrected chi connectivity index (χ1v) is 6.08. The number of alkyl halides is 1. The number of aryl methyl sites for hydroxylation is 1. The smallest absolute Gasteiger partial charge is 0.255 e. The lowest BCUT2D eigenvalue weighted by molar-refractivity contribution is 0.0774. The molecule has 15 heavy (non-hydrogen) atoms. The molecular formula is C11H15BrN2O. The molecule has 0 bridgehead atoms. The van der Waals surface area contributed by atoms with Crippen LogP contribution in [0.25, 0.3) is 0 Å². The maximum atomic E-state index is 12.0. The van der Waals surface area contributed by atoms with E-state index in [0.29, 0.717) is 5.56 Å². The molecule has 1 aromatic rings. The second kappa shape index (κ2) is 5.85. The molecule has 82 valence electrons. The van der Waals surface area contributed by atoms with Gasteiger partial charge in [0, 0.05) is 30.8 Å². The van der Waals surface area contributed by atoms with Gasteiger partial charge >= 0.3 is 0 Å². The van der Waals surface area contributed by atoms with E-state index in [1.54, 1.807) is 17.3 Å². The highest BCUT2D eigenvalue weighted by molar-refractivity contribution is 9.09. The third-order valence-corrected chi connectivity index (χ3v) is 2.50. The Hall–Kier alpha value is -0.900. The Morgan fingerprint density at radius 1 is 1.53 bits per heavy atom. The average molecular weight is 271 g/mol. The maximum absolute atomic E-state index is 12.0. The van der Waals surface area contributed by atoms with Crippen LogP contribution in [0.2, 0.25) is 0 Å². The third-order valence-electron chi connectivity index (χ3n) is 2.15. The minimum absolute atomic E-state index is 0.0492. The van der Waals surface area contributed by atoms with Crippen molar-refractivity contribution in [1.29, 1.82) is 0 Å². The minimum Gasteiger partial charge on any atom is -0.338 e. The van der Waals surface area contributed by atoms with Crippen LogP contribution < -0.4 is 0 Å². The highest BCUT2D eigenvalue weighted by Crippen LogP contribution is 2.06. The molecule has 0 aromatic carbocycles. The molecule has 3 nitrogen and oxygen atoms in total. The third kappa shape index (κ3) is 3.30.